The number of benzene rings is 3. The van der Waals surface area contributed by atoms with E-state index in [1.165, 1.54) is 18.2 Å². The first-order chi connectivity index (χ1) is 16.4. The van der Waals surface area contributed by atoms with Crippen molar-refractivity contribution < 1.29 is 13.2 Å². The lowest BCUT2D eigenvalue weighted by Gasteiger charge is -2.22. The van der Waals surface area contributed by atoms with E-state index in [9.17, 15) is 13.2 Å². The highest BCUT2D eigenvalue weighted by Crippen LogP contribution is 2.21. The molecule has 1 aliphatic carbocycles. The summed E-state index contributed by atoms with van der Waals surface area (Å²) < 4.78 is 28.1. The summed E-state index contributed by atoms with van der Waals surface area (Å²) in [5, 5.41) is 7.81. The van der Waals surface area contributed by atoms with E-state index in [2.05, 4.69) is 15.4 Å². The van der Waals surface area contributed by atoms with Crippen molar-refractivity contribution >= 4 is 55.8 Å². The third-order valence-corrected chi connectivity index (χ3v) is 7.56. The Hall–Kier alpha value is -3.07. The van der Waals surface area contributed by atoms with Gasteiger partial charge in [0.2, 0.25) is 15.9 Å². The molecule has 6 nitrogen and oxygen atoms in total. The Morgan fingerprint density at radius 3 is 2.38 bits per heavy atom. The molecule has 4 rings (SSSR count). The van der Waals surface area contributed by atoms with Crippen LogP contribution in [-0.4, -0.2) is 25.5 Å². The van der Waals surface area contributed by atoms with E-state index >= 15 is 0 Å². The van der Waals surface area contributed by atoms with Crippen molar-refractivity contribution in [3.05, 3.63) is 78.4 Å². The molecular formula is C26H27N3O3S2. The van der Waals surface area contributed by atoms with Crippen molar-refractivity contribution in [2.75, 3.05) is 5.32 Å². The molecule has 0 atom stereocenters. The number of amides is 1. The van der Waals surface area contributed by atoms with E-state index in [4.69, 9.17) is 12.2 Å². The Morgan fingerprint density at radius 1 is 0.912 bits per heavy atom. The van der Waals surface area contributed by atoms with Crippen molar-refractivity contribution in [1.29, 1.82) is 0 Å². The van der Waals surface area contributed by atoms with E-state index < -0.39 is 10.0 Å². The highest BCUT2D eigenvalue weighted by atomic mass is 32.2. The maximum Gasteiger partial charge on any atom is 0.250 e. The van der Waals surface area contributed by atoms with Crippen LogP contribution in [0.5, 0.6) is 0 Å². The van der Waals surface area contributed by atoms with Gasteiger partial charge in [0.25, 0.3) is 0 Å². The van der Waals surface area contributed by atoms with E-state index in [0.29, 0.717) is 5.69 Å². The molecule has 0 bridgehead atoms. The monoisotopic (exact) mass is 493 g/mol. The van der Waals surface area contributed by atoms with Crippen molar-refractivity contribution in [2.45, 2.75) is 43.0 Å². The van der Waals surface area contributed by atoms with Gasteiger partial charge in [-0.25, -0.2) is 13.1 Å². The first-order valence-corrected chi connectivity index (χ1v) is 13.2. The maximum absolute atomic E-state index is 12.6. The number of hydrogen-bond donors (Lipinski definition) is 3. The number of anilines is 1. The Balaban J connectivity index is 1.32. The molecular weight excluding hydrogens is 466 g/mol. The Kier molecular flexibility index (Phi) is 7.72. The van der Waals surface area contributed by atoms with Crippen molar-refractivity contribution in [2.24, 2.45) is 0 Å². The van der Waals surface area contributed by atoms with Crippen molar-refractivity contribution in [1.82, 2.24) is 10.0 Å². The van der Waals surface area contributed by atoms with Gasteiger partial charge in [0.05, 0.1) is 4.90 Å². The Labute approximate surface area is 205 Å². The fourth-order valence-corrected chi connectivity index (χ4v) is 5.63. The maximum atomic E-state index is 12.6. The van der Waals surface area contributed by atoms with E-state index in [-0.39, 0.29) is 22.0 Å². The standard InChI is InChI=1S/C26H27N3O3S2/c30-25(18-13-20-9-6-8-19-7-4-5-12-24(19)20)28-26(33)27-21-14-16-23(17-15-21)34(31,32)29-22-10-2-1-3-11-22/h4-9,12-18,22,29H,1-3,10-11H2,(H2,27,28,30,33)/b18-13+. The average Bonchev–Trinajstić information content (AvgIpc) is 2.83. The number of fused-ring (bicyclic) bond motifs is 1. The van der Waals surface area contributed by atoms with Crippen LogP contribution >= 0.6 is 12.2 Å². The van der Waals surface area contributed by atoms with Crippen LogP contribution in [0.4, 0.5) is 5.69 Å². The molecule has 176 valence electrons. The summed E-state index contributed by atoms with van der Waals surface area (Å²) in [6, 6.07) is 20.2. The molecule has 3 N–H and O–H groups in total. The minimum Gasteiger partial charge on any atom is -0.332 e. The number of thiocarbonyl (C=S) groups is 1. The quantitative estimate of drug-likeness (QED) is 0.333. The van der Waals surface area contributed by atoms with Crippen LogP contribution < -0.4 is 15.4 Å². The zero-order valence-corrected chi connectivity index (χ0v) is 20.3. The third-order valence-electron chi connectivity index (χ3n) is 5.82. The molecule has 34 heavy (non-hydrogen) atoms. The SMILES string of the molecule is O=C(/C=C/c1cccc2ccccc12)NC(=S)Nc1ccc(S(=O)(=O)NC2CCCCC2)cc1. The van der Waals surface area contributed by atoms with Gasteiger partial charge < -0.3 is 5.32 Å². The van der Waals surface area contributed by atoms with Crippen LogP contribution in [0, 0.1) is 0 Å². The topological polar surface area (TPSA) is 87.3 Å². The van der Waals surface area contributed by atoms with Gasteiger partial charge in [-0.05, 0) is 71.7 Å². The van der Waals surface area contributed by atoms with Gasteiger partial charge in [0.15, 0.2) is 5.11 Å². The first kappa shape index (κ1) is 24.1. The minimum absolute atomic E-state index is 0.00118. The minimum atomic E-state index is -3.56. The summed E-state index contributed by atoms with van der Waals surface area (Å²) in [6.07, 6.45) is 8.20. The fourth-order valence-electron chi connectivity index (χ4n) is 4.10. The zero-order chi connectivity index (χ0) is 24.0. The average molecular weight is 494 g/mol. The molecule has 3 aromatic carbocycles. The lowest BCUT2D eigenvalue weighted by molar-refractivity contribution is -0.115. The van der Waals surface area contributed by atoms with Crippen LogP contribution in [0.25, 0.3) is 16.8 Å². The molecule has 1 fully saturated rings. The second-order valence-electron chi connectivity index (χ2n) is 8.33. The van der Waals surface area contributed by atoms with Gasteiger partial charge in [0.1, 0.15) is 0 Å². The summed E-state index contributed by atoms with van der Waals surface area (Å²) in [7, 11) is -3.56. The van der Waals surface area contributed by atoms with E-state index in [1.807, 2.05) is 42.5 Å². The van der Waals surface area contributed by atoms with Gasteiger partial charge in [-0.1, -0.05) is 61.7 Å². The van der Waals surface area contributed by atoms with Gasteiger partial charge in [-0.15, -0.1) is 0 Å². The number of carbonyl (C=O) groups excluding carboxylic acids is 1. The molecule has 0 spiro atoms. The molecule has 0 radical (unpaired) electrons. The summed E-state index contributed by atoms with van der Waals surface area (Å²) in [6.45, 7) is 0. The van der Waals surface area contributed by atoms with Gasteiger partial charge >= 0.3 is 0 Å². The van der Waals surface area contributed by atoms with Crippen LogP contribution in [0.1, 0.15) is 37.7 Å². The second-order valence-corrected chi connectivity index (χ2v) is 10.4. The summed E-state index contributed by atoms with van der Waals surface area (Å²) in [5.41, 5.74) is 1.52. The molecule has 3 aromatic rings. The van der Waals surface area contributed by atoms with E-state index in [0.717, 1.165) is 48.4 Å². The van der Waals surface area contributed by atoms with Gasteiger partial charge in [0, 0.05) is 17.8 Å². The number of nitrogens with one attached hydrogen (secondary N) is 3. The number of rotatable bonds is 6. The fraction of sp³-hybridized carbons (Fsp3) is 0.231. The Morgan fingerprint density at radius 2 is 1.62 bits per heavy atom. The molecule has 0 heterocycles. The van der Waals surface area contributed by atoms with Crippen LogP contribution in [0.15, 0.2) is 77.7 Å². The van der Waals surface area contributed by atoms with Crippen LogP contribution in [0.3, 0.4) is 0 Å². The summed E-state index contributed by atoms with van der Waals surface area (Å²) >= 11 is 5.23. The number of sulfonamides is 1. The number of hydrogen-bond acceptors (Lipinski definition) is 4. The predicted octanol–water partition coefficient (Wildman–Crippen LogP) is 4.98. The zero-order valence-electron chi connectivity index (χ0n) is 18.7. The lowest BCUT2D eigenvalue weighted by atomic mass is 9.96. The highest BCUT2D eigenvalue weighted by molar-refractivity contribution is 7.89. The summed E-state index contributed by atoms with van der Waals surface area (Å²) in [5.74, 6) is -0.360. The molecule has 1 saturated carbocycles. The molecule has 0 saturated heterocycles. The molecule has 0 unspecified atom stereocenters. The Bertz CT molecular complexity index is 1310. The predicted molar refractivity (Wildman–Crippen MR) is 141 cm³/mol. The lowest BCUT2D eigenvalue weighted by Crippen LogP contribution is -2.36. The molecule has 1 aliphatic rings. The van der Waals surface area contributed by atoms with Crippen molar-refractivity contribution in [3.63, 3.8) is 0 Å². The third kappa shape index (κ3) is 6.28. The van der Waals surface area contributed by atoms with Gasteiger partial charge in [-0.3, -0.25) is 10.1 Å². The normalized spacial score (nSPS) is 14.8. The van der Waals surface area contributed by atoms with Crippen molar-refractivity contribution in [3.8, 4) is 0 Å². The largest absolute Gasteiger partial charge is 0.332 e. The molecule has 0 aromatic heterocycles. The van der Waals surface area contributed by atoms with Crippen LogP contribution in [-0.2, 0) is 14.8 Å². The molecule has 1 amide bonds. The van der Waals surface area contributed by atoms with E-state index in [1.54, 1.807) is 18.2 Å². The second kappa shape index (κ2) is 10.9. The molecule has 0 aliphatic heterocycles. The smallest absolute Gasteiger partial charge is 0.250 e. The van der Waals surface area contributed by atoms with Gasteiger partial charge in [-0.2, -0.15) is 0 Å². The van der Waals surface area contributed by atoms with Crippen LogP contribution in [0.2, 0.25) is 0 Å². The highest BCUT2D eigenvalue weighted by Gasteiger charge is 2.21. The summed E-state index contributed by atoms with van der Waals surface area (Å²) in [4.78, 5) is 12.5. The first-order valence-electron chi connectivity index (χ1n) is 11.3. The number of carbonyl (C=O) groups is 1. The molecule has 8 heteroatoms.